The van der Waals surface area contributed by atoms with E-state index in [-0.39, 0.29) is 23.7 Å². The molecule has 1 atom stereocenters. The van der Waals surface area contributed by atoms with Crippen molar-refractivity contribution in [2.24, 2.45) is 0 Å². The molecule has 9 heteroatoms. The summed E-state index contributed by atoms with van der Waals surface area (Å²) in [5.41, 5.74) is -1.29. The number of alkyl halides is 3. The Morgan fingerprint density at radius 3 is 2.67 bits per heavy atom. The number of furan rings is 1. The van der Waals surface area contributed by atoms with Crippen LogP contribution in [0.15, 0.2) is 41.1 Å². The lowest BCUT2D eigenvalue weighted by atomic mass is 10.0. The molecule has 0 radical (unpaired) electrons. The minimum Gasteiger partial charge on any atom is -0.468 e. The van der Waals surface area contributed by atoms with Crippen LogP contribution in [0.1, 0.15) is 23.0 Å². The zero-order valence-corrected chi connectivity index (χ0v) is 12.6. The Bertz CT molecular complexity index is 667. The fourth-order valence-electron chi connectivity index (χ4n) is 1.78. The number of amides is 1. The fourth-order valence-corrected chi connectivity index (χ4v) is 1.78. The van der Waals surface area contributed by atoms with Gasteiger partial charge in [-0.1, -0.05) is 0 Å². The zero-order chi connectivity index (χ0) is 17.8. The van der Waals surface area contributed by atoms with Crippen molar-refractivity contribution in [3.8, 4) is 5.88 Å². The largest absolute Gasteiger partial charge is 0.468 e. The number of pyridine rings is 1. The van der Waals surface area contributed by atoms with Crippen molar-refractivity contribution in [3.05, 3.63) is 48.0 Å². The van der Waals surface area contributed by atoms with Gasteiger partial charge in [0.1, 0.15) is 11.4 Å². The predicted molar refractivity (Wildman–Crippen MR) is 76.4 cm³/mol. The van der Waals surface area contributed by atoms with E-state index in [2.05, 4.69) is 15.0 Å². The van der Waals surface area contributed by atoms with E-state index in [0.29, 0.717) is 0 Å². The Labute approximate surface area is 135 Å². The fraction of sp³-hybridized carbons (Fsp3) is 0.333. The van der Waals surface area contributed by atoms with Crippen LogP contribution in [0.5, 0.6) is 5.88 Å². The van der Waals surface area contributed by atoms with Crippen molar-refractivity contribution in [2.75, 3.05) is 13.2 Å². The zero-order valence-electron chi connectivity index (χ0n) is 12.6. The van der Waals surface area contributed by atoms with E-state index in [4.69, 9.17) is 4.42 Å². The molecule has 6 nitrogen and oxygen atoms in total. The van der Waals surface area contributed by atoms with Crippen molar-refractivity contribution in [3.63, 3.8) is 0 Å². The Morgan fingerprint density at radius 2 is 2.12 bits per heavy atom. The Hall–Kier alpha value is -2.55. The second-order valence-electron chi connectivity index (χ2n) is 5.22. The van der Waals surface area contributed by atoms with Crippen LogP contribution in [-0.2, 0) is 5.60 Å². The molecule has 0 aliphatic heterocycles. The molecule has 1 amide bonds. The molecule has 0 spiro atoms. The van der Waals surface area contributed by atoms with Crippen molar-refractivity contribution in [2.45, 2.75) is 18.7 Å². The molecule has 2 heterocycles. The van der Waals surface area contributed by atoms with Crippen molar-refractivity contribution >= 4 is 5.91 Å². The van der Waals surface area contributed by atoms with Crippen LogP contribution in [0.4, 0.5) is 13.2 Å². The summed E-state index contributed by atoms with van der Waals surface area (Å²) in [6, 6.07) is 5.61. The van der Waals surface area contributed by atoms with E-state index in [1.54, 1.807) is 12.1 Å². The maximum atomic E-state index is 12.0. The smallest absolute Gasteiger partial charge is 0.422 e. The number of hydrogen-bond acceptors (Lipinski definition) is 5. The standard InChI is InChI=1S/C15H15F3N2O4/c1-14(22,11-3-2-6-23-11)8-20-13(21)10-4-5-12(19-7-10)24-9-15(16,17)18/h2-7,22H,8-9H2,1H3,(H,20,21). The van der Waals surface area contributed by atoms with Crippen molar-refractivity contribution < 1.29 is 32.2 Å². The summed E-state index contributed by atoms with van der Waals surface area (Å²) in [7, 11) is 0. The molecule has 2 rings (SSSR count). The molecule has 0 aromatic carbocycles. The third-order valence-electron chi connectivity index (χ3n) is 3.03. The van der Waals surface area contributed by atoms with Crippen LogP contribution in [0.25, 0.3) is 0 Å². The van der Waals surface area contributed by atoms with Gasteiger partial charge in [-0.2, -0.15) is 13.2 Å². The average Bonchev–Trinajstić information content (AvgIpc) is 3.06. The molecule has 2 aromatic heterocycles. The molecule has 2 N–H and O–H groups in total. The normalized spacial score (nSPS) is 14.0. The minimum atomic E-state index is -4.46. The second-order valence-corrected chi connectivity index (χ2v) is 5.22. The monoisotopic (exact) mass is 344 g/mol. The van der Waals surface area contributed by atoms with Gasteiger partial charge in [-0.15, -0.1) is 0 Å². The van der Waals surface area contributed by atoms with Gasteiger partial charge < -0.3 is 19.6 Å². The predicted octanol–water partition coefficient (Wildman–Crippen LogP) is 2.25. The Balaban J connectivity index is 1.91. The van der Waals surface area contributed by atoms with E-state index < -0.39 is 24.3 Å². The van der Waals surface area contributed by atoms with Crippen LogP contribution < -0.4 is 10.1 Å². The first kappa shape index (κ1) is 17.8. The first-order valence-corrected chi connectivity index (χ1v) is 6.87. The molecule has 1 unspecified atom stereocenters. The van der Waals surface area contributed by atoms with Gasteiger partial charge in [0.15, 0.2) is 6.61 Å². The number of aliphatic hydroxyl groups is 1. The van der Waals surface area contributed by atoms with E-state index in [1.807, 2.05) is 0 Å². The molecule has 2 aromatic rings. The summed E-state index contributed by atoms with van der Waals surface area (Å²) in [5, 5.41) is 12.7. The summed E-state index contributed by atoms with van der Waals surface area (Å²) in [4.78, 5) is 15.6. The van der Waals surface area contributed by atoms with Crippen molar-refractivity contribution in [1.82, 2.24) is 10.3 Å². The summed E-state index contributed by atoms with van der Waals surface area (Å²) in [6.07, 6.45) is -1.98. The number of rotatable bonds is 6. The average molecular weight is 344 g/mol. The first-order chi connectivity index (χ1) is 11.2. The highest BCUT2D eigenvalue weighted by Crippen LogP contribution is 2.20. The maximum absolute atomic E-state index is 12.0. The van der Waals surface area contributed by atoms with E-state index in [1.165, 1.54) is 19.3 Å². The molecule has 130 valence electrons. The molecule has 0 fully saturated rings. The Morgan fingerprint density at radius 1 is 1.38 bits per heavy atom. The molecular weight excluding hydrogens is 329 g/mol. The molecule has 24 heavy (non-hydrogen) atoms. The van der Waals surface area contributed by atoms with Crippen LogP contribution in [0.3, 0.4) is 0 Å². The maximum Gasteiger partial charge on any atom is 0.422 e. The number of aromatic nitrogens is 1. The minimum absolute atomic E-state index is 0.115. The van der Waals surface area contributed by atoms with Crippen LogP contribution in [0.2, 0.25) is 0 Å². The van der Waals surface area contributed by atoms with Gasteiger partial charge in [-0.25, -0.2) is 4.98 Å². The number of ether oxygens (including phenoxy) is 1. The number of nitrogens with one attached hydrogen (secondary N) is 1. The van der Waals surface area contributed by atoms with E-state index in [9.17, 15) is 23.1 Å². The summed E-state index contributed by atoms with van der Waals surface area (Å²) >= 11 is 0. The highest BCUT2D eigenvalue weighted by atomic mass is 19.4. The molecule has 0 bridgehead atoms. The third-order valence-corrected chi connectivity index (χ3v) is 3.03. The van der Waals surface area contributed by atoms with Crippen LogP contribution in [-0.4, -0.2) is 35.3 Å². The Kier molecular flexibility index (Phi) is 5.13. The van der Waals surface area contributed by atoms with Gasteiger partial charge in [0.25, 0.3) is 5.91 Å². The lowest BCUT2D eigenvalue weighted by Crippen LogP contribution is -2.38. The topological polar surface area (TPSA) is 84.6 Å². The lowest BCUT2D eigenvalue weighted by molar-refractivity contribution is -0.154. The summed E-state index contributed by atoms with van der Waals surface area (Å²) in [5.74, 6) is -0.500. The lowest BCUT2D eigenvalue weighted by Gasteiger charge is -2.21. The van der Waals surface area contributed by atoms with Crippen LogP contribution in [0, 0.1) is 0 Å². The second kappa shape index (κ2) is 6.91. The highest BCUT2D eigenvalue weighted by molar-refractivity contribution is 5.93. The molecule has 0 aliphatic carbocycles. The SMILES string of the molecule is CC(O)(CNC(=O)c1ccc(OCC(F)(F)F)nc1)c1ccco1. The number of carbonyl (C=O) groups excluding carboxylic acids is 1. The number of hydrogen-bond donors (Lipinski definition) is 2. The van der Waals surface area contributed by atoms with E-state index in [0.717, 1.165) is 12.3 Å². The quantitative estimate of drug-likeness (QED) is 0.840. The number of carbonyl (C=O) groups is 1. The summed E-state index contributed by atoms with van der Waals surface area (Å²) in [6.45, 7) is -0.109. The van der Waals surface area contributed by atoms with E-state index >= 15 is 0 Å². The van der Waals surface area contributed by atoms with Gasteiger partial charge >= 0.3 is 6.18 Å². The van der Waals surface area contributed by atoms with Gasteiger partial charge in [-0.3, -0.25) is 4.79 Å². The molecule has 0 saturated carbocycles. The molecule has 0 aliphatic rings. The first-order valence-electron chi connectivity index (χ1n) is 6.87. The highest BCUT2D eigenvalue weighted by Gasteiger charge is 2.29. The van der Waals surface area contributed by atoms with Gasteiger partial charge in [-0.05, 0) is 25.1 Å². The van der Waals surface area contributed by atoms with Gasteiger partial charge in [0.2, 0.25) is 5.88 Å². The number of nitrogens with zero attached hydrogens (tertiary/aromatic N) is 1. The number of halogens is 3. The third kappa shape index (κ3) is 4.98. The van der Waals surface area contributed by atoms with Crippen molar-refractivity contribution in [1.29, 1.82) is 0 Å². The van der Waals surface area contributed by atoms with Gasteiger partial charge in [0.05, 0.1) is 18.4 Å². The van der Waals surface area contributed by atoms with Gasteiger partial charge in [0, 0.05) is 12.3 Å². The molecular formula is C15H15F3N2O4. The van der Waals surface area contributed by atoms with Crippen LogP contribution >= 0.6 is 0 Å². The molecule has 0 saturated heterocycles. The summed E-state index contributed by atoms with van der Waals surface area (Å²) < 4.78 is 45.6.